The van der Waals surface area contributed by atoms with Crippen molar-refractivity contribution in [1.29, 1.82) is 0 Å². The number of benzene rings is 1. The first kappa shape index (κ1) is 17.7. The number of piperidine rings is 2. The molecule has 0 saturated carbocycles. The van der Waals surface area contributed by atoms with E-state index in [-0.39, 0.29) is 11.6 Å². The zero-order valence-corrected chi connectivity index (χ0v) is 15.1. The minimum absolute atomic E-state index is 0.0115. The summed E-state index contributed by atoms with van der Waals surface area (Å²) in [5.74, 6) is 1.11. The fraction of sp³-hybridized carbons (Fsp3) is 0.632. The van der Waals surface area contributed by atoms with Crippen molar-refractivity contribution in [2.24, 2.45) is 11.8 Å². The maximum absolute atomic E-state index is 13.1. The minimum atomic E-state index is -0.419. The Bertz CT molecular complexity index is 653. The number of nitro groups is 1. The topological polar surface area (TPSA) is 66.7 Å². The first-order valence-corrected chi connectivity index (χ1v) is 9.28. The number of non-ortho nitro benzene ring substituents is 1. The molecule has 0 radical (unpaired) electrons. The molecule has 6 heteroatoms. The van der Waals surface area contributed by atoms with Gasteiger partial charge in [0.1, 0.15) is 0 Å². The second-order valence-electron chi connectivity index (χ2n) is 7.63. The van der Waals surface area contributed by atoms with E-state index in [0.29, 0.717) is 17.4 Å². The van der Waals surface area contributed by atoms with Crippen molar-refractivity contribution in [1.82, 2.24) is 4.90 Å². The highest BCUT2D eigenvalue weighted by molar-refractivity contribution is 6.00. The maximum atomic E-state index is 13.1. The normalized spacial score (nSPS) is 22.1. The summed E-state index contributed by atoms with van der Waals surface area (Å²) >= 11 is 0. The molecule has 0 aromatic heterocycles. The average Bonchev–Trinajstić information content (AvgIpc) is 2.61. The lowest BCUT2D eigenvalue weighted by Gasteiger charge is -2.35. The number of rotatable bonds is 3. The summed E-state index contributed by atoms with van der Waals surface area (Å²) in [4.78, 5) is 28.0. The molecular weight excluding hydrogens is 318 g/mol. The number of carbonyl (C=O) groups excluding carboxylic acids is 1. The van der Waals surface area contributed by atoms with Crippen molar-refractivity contribution in [2.75, 3.05) is 31.1 Å². The van der Waals surface area contributed by atoms with Gasteiger partial charge in [-0.15, -0.1) is 0 Å². The Morgan fingerprint density at radius 3 is 2.48 bits per heavy atom. The molecule has 0 aliphatic carbocycles. The van der Waals surface area contributed by atoms with Crippen molar-refractivity contribution in [3.05, 3.63) is 33.9 Å². The predicted molar refractivity (Wildman–Crippen MR) is 98.0 cm³/mol. The van der Waals surface area contributed by atoms with Crippen LogP contribution in [0.15, 0.2) is 18.2 Å². The lowest BCUT2D eigenvalue weighted by molar-refractivity contribution is -0.384. The van der Waals surface area contributed by atoms with Gasteiger partial charge in [-0.25, -0.2) is 0 Å². The van der Waals surface area contributed by atoms with Gasteiger partial charge in [-0.1, -0.05) is 13.8 Å². The third kappa shape index (κ3) is 3.94. The molecule has 0 N–H and O–H groups in total. The first-order chi connectivity index (χ1) is 12.0. The number of amides is 1. The highest BCUT2D eigenvalue weighted by atomic mass is 16.6. The second-order valence-corrected chi connectivity index (χ2v) is 7.63. The summed E-state index contributed by atoms with van der Waals surface area (Å²) in [6, 6.07) is 4.74. The fourth-order valence-electron chi connectivity index (χ4n) is 3.88. The van der Waals surface area contributed by atoms with Gasteiger partial charge in [0.2, 0.25) is 0 Å². The molecule has 1 amide bonds. The van der Waals surface area contributed by atoms with Crippen LogP contribution in [0.25, 0.3) is 0 Å². The lowest BCUT2D eigenvalue weighted by Crippen LogP contribution is -2.40. The molecule has 2 aliphatic rings. The SMILES string of the molecule is CC1CCN(c2ccc([N+](=O)[O-])cc2C(=O)N2CCCC(C)C2)CC1. The Morgan fingerprint density at radius 1 is 1.12 bits per heavy atom. The third-order valence-electron chi connectivity index (χ3n) is 5.49. The highest BCUT2D eigenvalue weighted by Crippen LogP contribution is 2.31. The van der Waals surface area contributed by atoms with E-state index in [1.807, 2.05) is 4.90 Å². The average molecular weight is 345 g/mol. The smallest absolute Gasteiger partial charge is 0.270 e. The molecule has 6 nitrogen and oxygen atoms in total. The molecule has 2 fully saturated rings. The van der Waals surface area contributed by atoms with E-state index >= 15 is 0 Å². The molecule has 1 aromatic rings. The second kappa shape index (κ2) is 7.42. The van der Waals surface area contributed by atoms with E-state index in [2.05, 4.69) is 18.7 Å². The standard InChI is InChI=1S/C19H27N3O3/c1-14-7-10-20(11-8-14)18-6-5-16(22(24)25)12-17(18)19(23)21-9-3-4-15(2)13-21/h5-6,12,14-15H,3-4,7-11,13H2,1-2H3. The van der Waals surface area contributed by atoms with Gasteiger partial charge in [0.25, 0.3) is 11.6 Å². The van der Waals surface area contributed by atoms with Crippen LogP contribution in [0.4, 0.5) is 11.4 Å². The van der Waals surface area contributed by atoms with Crippen LogP contribution >= 0.6 is 0 Å². The summed E-state index contributed by atoms with van der Waals surface area (Å²) in [5.41, 5.74) is 1.32. The van der Waals surface area contributed by atoms with Crippen molar-refractivity contribution in [2.45, 2.75) is 39.5 Å². The number of nitrogens with zero attached hydrogens (tertiary/aromatic N) is 3. The molecule has 25 heavy (non-hydrogen) atoms. The van der Waals surface area contributed by atoms with Crippen molar-refractivity contribution < 1.29 is 9.72 Å². The Hall–Kier alpha value is -2.11. The zero-order chi connectivity index (χ0) is 18.0. The van der Waals surface area contributed by atoms with E-state index in [9.17, 15) is 14.9 Å². The van der Waals surface area contributed by atoms with Crippen LogP contribution < -0.4 is 4.90 Å². The summed E-state index contributed by atoms with van der Waals surface area (Å²) in [5, 5.41) is 11.2. The van der Waals surface area contributed by atoms with Crippen LogP contribution in [-0.4, -0.2) is 41.9 Å². The van der Waals surface area contributed by atoms with Gasteiger partial charge in [0.15, 0.2) is 0 Å². The predicted octanol–water partition coefficient (Wildman–Crippen LogP) is 3.70. The molecule has 2 heterocycles. The number of likely N-dealkylation sites (tertiary alicyclic amines) is 1. The van der Waals surface area contributed by atoms with Crippen LogP contribution in [-0.2, 0) is 0 Å². The summed E-state index contributed by atoms with van der Waals surface area (Å²) in [6.07, 6.45) is 4.31. The third-order valence-corrected chi connectivity index (χ3v) is 5.49. The van der Waals surface area contributed by atoms with Crippen LogP contribution in [0.1, 0.15) is 49.9 Å². The van der Waals surface area contributed by atoms with Gasteiger partial charge in [0, 0.05) is 38.3 Å². The van der Waals surface area contributed by atoms with E-state index in [1.165, 1.54) is 12.1 Å². The van der Waals surface area contributed by atoms with Gasteiger partial charge < -0.3 is 9.80 Å². The number of nitro benzene ring substituents is 1. The van der Waals surface area contributed by atoms with E-state index in [1.54, 1.807) is 6.07 Å². The Kier molecular flexibility index (Phi) is 5.25. The highest BCUT2D eigenvalue weighted by Gasteiger charge is 2.28. The Labute approximate surface area is 148 Å². The Balaban J connectivity index is 1.92. The van der Waals surface area contributed by atoms with Gasteiger partial charge >= 0.3 is 0 Å². The van der Waals surface area contributed by atoms with Crippen LogP contribution in [0.3, 0.4) is 0 Å². The number of carbonyl (C=O) groups is 1. The molecule has 2 aliphatic heterocycles. The maximum Gasteiger partial charge on any atom is 0.270 e. The molecule has 1 atom stereocenters. The molecule has 1 aromatic carbocycles. The quantitative estimate of drug-likeness (QED) is 0.619. The van der Waals surface area contributed by atoms with Crippen molar-refractivity contribution in [3.8, 4) is 0 Å². The Morgan fingerprint density at radius 2 is 1.84 bits per heavy atom. The number of hydrogen-bond donors (Lipinski definition) is 0. The van der Waals surface area contributed by atoms with Crippen LogP contribution in [0, 0.1) is 22.0 Å². The number of anilines is 1. The summed E-state index contributed by atoms with van der Waals surface area (Å²) in [7, 11) is 0. The summed E-state index contributed by atoms with van der Waals surface area (Å²) in [6.45, 7) is 7.67. The summed E-state index contributed by atoms with van der Waals surface area (Å²) < 4.78 is 0. The van der Waals surface area contributed by atoms with Gasteiger partial charge in [0.05, 0.1) is 16.2 Å². The molecule has 136 valence electrons. The number of hydrogen-bond acceptors (Lipinski definition) is 4. The first-order valence-electron chi connectivity index (χ1n) is 9.28. The molecule has 1 unspecified atom stereocenters. The van der Waals surface area contributed by atoms with E-state index in [0.717, 1.165) is 57.5 Å². The van der Waals surface area contributed by atoms with E-state index in [4.69, 9.17) is 0 Å². The van der Waals surface area contributed by atoms with Gasteiger partial charge in [-0.3, -0.25) is 14.9 Å². The van der Waals surface area contributed by atoms with Gasteiger partial charge in [-0.05, 0) is 43.6 Å². The largest absolute Gasteiger partial charge is 0.371 e. The zero-order valence-electron chi connectivity index (χ0n) is 15.1. The molecule has 0 spiro atoms. The van der Waals surface area contributed by atoms with Gasteiger partial charge in [-0.2, -0.15) is 0 Å². The minimum Gasteiger partial charge on any atom is -0.371 e. The van der Waals surface area contributed by atoms with Crippen LogP contribution in [0.5, 0.6) is 0 Å². The van der Waals surface area contributed by atoms with Crippen molar-refractivity contribution >= 4 is 17.3 Å². The van der Waals surface area contributed by atoms with Crippen molar-refractivity contribution in [3.63, 3.8) is 0 Å². The molecule has 0 bridgehead atoms. The van der Waals surface area contributed by atoms with Crippen LogP contribution in [0.2, 0.25) is 0 Å². The molecule has 3 rings (SSSR count). The fourth-order valence-corrected chi connectivity index (χ4v) is 3.88. The monoisotopic (exact) mass is 345 g/mol. The molecule has 2 saturated heterocycles. The lowest BCUT2D eigenvalue weighted by atomic mass is 9.96. The molecular formula is C19H27N3O3. The van der Waals surface area contributed by atoms with E-state index < -0.39 is 4.92 Å².